The number of thiophene rings is 1. The van der Waals surface area contributed by atoms with Gasteiger partial charge in [-0.2, -0.15) is 5.26 Å². The lowest BCUT2D eigenvalue weighted by atomic mass is 9.95. The number of ether oxygens (including phenoxy) is 2. The van der Waals surface area contributed by atoms with Crippen molar-refractivity contribution in [2.75, 3.05) is 19.0 Å². The molecule has 0 saturated carbocycles. The molecule has 0 atom stereocenters. The van der Waals surface area contributed by atoms with Crippen molar-refractivity contribution in [2.45, 2.75) is 25.7 Å². The molecule has 2 aromatic rings. The topological polar surface area (TPSA) is 88.4 Å². The Hall–Kier alpha value is -2.85. The summed E-state index contributed by atoms with van der Waals surface area (Å²) in [5, 5.41) is 12.2. The van der Waals surface area contributed by atoms with Crippen molar-refractivity contribution in [3.05, 3.63) is 45.8 Å². The van der Waals surface area contributed by atoms with E-state index in [1.54, 1.807) is 24.3 Å². The minimum atomic E-state index is -0.428. The summed E-state index contributed by atoms with van der Waals surface area (Å²) in [6.45, 7) is -0.210. The van der Waals surface area contributed by atoms with Crippen molar-refractivity contribution in [1.82, 2.24) is 0 Å². The molecule has 3 rings (SSSR count). The van der Waals surface area contributed by atoms with Crippen LogP contribution in [0.5, 0.6) is 5.75 Å². The average molecular weight is 370 g/mol. The SMILES string of the molecule is COC(=O)c1c(NC(=O)COc2cccc(C#N)c2)sc2c1CCCC2. The van der Waals surface area contributed by atoms with E-state index in [0.717, 1.165) is 36.1 Å². The van der Waals surface area contributed by atoms with E-state index in [0.29, 0.717) is 21.9 Å². The Morgan fingerprint density at radius 2 is 2.12 bits per heavy atom. The van der Waals surface area contributed by atoms with Crippen LogP contribution in [0, 0.1) is 11.3 Å². The van der Waals surface area contributed by atoms with Gasteiger partial charge in [0.25, 0.3) is 5.91 Å². The molecule has 0 aliphatic heterocycles. The zero-order valence-corrected chi connectivity index (χ0v) is 15.1. The third-order valence-corrected chi connectivity index (χ3v) is 5.35. The van der Waals surface area contributed by atoms with Crippen LogP contribution in [-0.4, -0.2) is 25.6 Å². The van der Waals surface area contributed by atoms with Crippen LogP contribution in [0.3, 0.4) is 0 Å². The number of carbonyl (C=O) groups excluding carboxylic acids is 2. The van der Waals surface area contributed by atoms with Crippen molar-refractivity contribution >= 4 is 28.2 Å². The van der Waals surface area contributed by atoms with Crippen molar-refractivity contribution < 1.29 is 19.1 Å². The van der Waals surface area contributed by atoms with Crippen molar-refractivity contribution in [2.24, 2.45) is 0 Å². The summed E-state index contributed by atoms with van der Waals surface area (Å²) in [6, 6.07) is 8.61. The van der Waals surface area contributed by atoms with E-state index in [2.05, 4.69) is 5.32 Å². The first-order valence-corrected chi connectivity index (χ1v) is 9.09. The third-order valence-electron chi connectivity index (χ3n) is 4.15. The van der Waals surface area contributed by atoms with Gasteiger partial charge in [-0.1, -0.05) is 6.07 Å². The molecule has 0 saturated heterocycles. The second-order valence-electron chi connectivity index (χ2n) is 5.88. The molecule has 7 heteroatoms. The van der Waals surface area contributed by atoms with Crippen LogP contribution in [0.15, 0.2) is 24.3 Å². The largest absolute Gasteiger partial charge is 0.484 e. The molecule has 1 aliphatic rings. The van der Waals surface area contributed by atoms with Crippen molar-refractivity contribution in [3.63, 3.8) is 0 Å². The highest BCUT2D eigenvalue weighted by Crippen LogP contribution is 2.38. The van der Waals surface area contributed by atoms with Crippen LogP contribution in [0.2, 0.25) is 0 Å². The number of hydrogen-bond acceptors (Lipinski definition) is 6. The molecule has 1 amide bonds. The minimum Gasteiger partial charge on any atom is -0.484 e. The van der Waals surface area contributed by atoms with Crippen LogP contribution in [0.1, 0.15) is 39.2 Å². The molecule has 26 heavy (non-hydrogen) atoms. The van der Waals surface area contributed by atoms with Gasteiger partial charge in [0, 0.05) is 4.88 Å². The molecular weight excluding hydrogens is 352 g/mol. The number of amides is 1. The number of methoxy groups -OCH3 is 1. The van der Waals surface area contributed by atoms with Crippen LogP contribution in [0.25, 0.3) is 0 Å². The lowest BCUT2D eigenvalue weighted by molar-refractivity contribution is -0.118. The van der Waals surface area contributed by atoms with E-state index in [1.807, 2.05) is 6.07 Å². The molecule has 0 unspecified atom stereocenters. The molecule has 134 valence electrons. The van der Waals surface area contributed by atoms with Gasteiger partial charge in [-0.15, -0.1) is 11.3 Å². The second-order valence-corrected chi connectivity index (χ2v) is 6.99. The quantitative estimate of drug-likeness (QED) is 0.816. The Labute approximate surface area is 155 Å². The average Bonchev–Trinajstić information content (AvgIpc) is 3.03. The van der Waals surface area contributed by atoms with Gasteiger partial charge in [0.05, 0.1) is 24.3 Å². The lowest BCUT2D eigenvalue weighted by Gasteiger charge is -2.12. The van der Waals surface area contributed by atoms with E-state index in [4.69, 9.17) is 14.7 Å². The monoisotopic (exact) mass is 370 g/mol. The number of fused-ring (bicyclic) bond motifs is 1. The Morgan fingerprint density at radius 3 is 2.88 bits per heavy atom. The second kappa shape index (κ2) is 8.02. The summed E-state index contributed by atoms with van der Waals surface area (Å²) < 4.78 is 10.3. The summed E-state index contributed by atoms with van der Waals surface area (Å²) in [5.74, 6) is -0.351. The van der Waals surface area contributed by atoms with Gasteiger partial charge in [-0.05, 0) is 49.4 Å². The number of nitrogens with zero attached hydrogens (tertiary/aromatic N) is 1. The first-order valence-electron chi connectivity index (χ1n) is 8.28. The fraction of sp³-hybridized carbons (Fsp3) is 0.316. The predicted molar refractivity (Wildman–Crippen MR) is 97.6 cm³/mol. The van der Waals surface area contributed by atoms with Gasteiger partial charge in [-0.25, -0.2) is 4.79 Å². The van der Waals surface area contributed by atoms with Crippen molar-refractivity contribution in [3.8, 4) is 11.8 Å². The Morgan fingerprint density at radius 1 is 1.31 bits per heavy atom. The van der Waals surface area contributed by atoms with E-state index >= 15 is 0 Å². The maximum atomic E-state index is 12.3. The summed E-state index contributed by atoms with van der Waals surface area (Å²) in [5.41, 5.74) is 1.92. The molecule has 1 aliphatic carbocycles. The molecule has 0 bridgehead atoms. The fourth-order valence-corrected chi connectivity index (χ4v) is 4.23. The van der Waals surface area contributed by atoms with E-state index < -0.39 is 5.97 Å². The molecule has 0 radical (unpaired) electrons. The van der Waals surface area contributed by atoms with Gasteiger partial charge in [0.15, 0.2) is 6.61 Å². The third kappa shape index (κ3) is 3.86. The number of aryl methyl sites for hydroxylation is 1. The predicted octanol–water partition coefficient (Wildman–Crippen LogP) is 3.30. The van der Waals surface area contributed by atoms with E-state index in [-0.39, 0.29) is 12.5 Å². The number of rotatable bonds is 5. The van der Waals surface area contributed by atoms with Crippen LogP contribution < -0.4 is 10.1 Å². The lowest BCUT2D eigenvalue weighted by Crippen LogP contribution is -2.21. The highest BCUT2D eigenvalue weighted by Gasteiger charge is 2.26. The molecular formula is C19H18N2O4S. The zero-order valence-electron chi connectivity index (χ0n) is 14.3. The van der Waals surface area contributed by atoms with Crippen LogP contribution in [0.4, 0.5) is 5.00 Å². The fourth-order valence-electron chi connectivity index (χ4n) is 2.94. The number of benzene rings is 1. The number of hydrogen-bond donors (Lipinski definition) is 1. The highest BCUT2D eigenvalue weighted by molar-refractivity contribution is 7.17. The first-order chi connectivity index (χ1) is 12.6. The van der Waals surface area contributed by atoms with Gasteiger partial charge in [0.2, 0.25) is 0 Å². The summed E-state index contributed by atoms with van der Waals surface area (Å²) in [6.07, 6.45) is 3.85. The normalized spacial score (nSPS) is 12.6. The van der Waals surface area contributed by atoms with Crippen LogP contribution in [-0.2, 0) is 22.4 Å². The molecule has 0 fully saturated rings. The number of anilines is 1. The molecule has 1 N–H and O–H groups in total. The van der Waals surface area contributed by atoms with Gasteiger partial charge in [-0.3, -0.25) is 4.79 Å². The highest BCUT2D eigenvalue weighted by atomic mass is 32.1. The summed E-state index contributed by atoms with van der Waals surface area (Å²) >= 11 is 1.43. The van der Waals surface area contributed by atoms with Gasteiger partial charge >= 0.3 is 5.97 Å². The smallest absolute Gasteiger partial charge is 0.341 e. The number of esters is 1. The van der Waals surface area contributed by atoms with Gasteiger partial charge in [0.1, 0.15) is 10.8 Å². The number of carbonyl (C=O) groups is 2. The Balaban J connectivity index is 1.72. The van der Waals surface area contributed by atoms with E-state index in [9.17, 15) is 9.59 Å². The molecule has 1 aromatic carbocycles. The Kier molecular flexibility index (Phi) is 5.54. The number of nitrogens with one attached hydrogen (secondary N) is 1. The van der Waals surface area contributed by atoms with Crippen molar-refractivity contribution in [1.29, 1.82) is 5.26 Å². The maximum absolute atomic E-state index is 12.3. The van der Waals surface area contributed by atoms with E-state index in [1.165, 1.54) is 18.4 Å². The molecule has 1 aromatic heterocycles. The minimum absolute atomic E-state index is 0.210. The van der Waals surface area contributed by atoms with Gasteiger partial charge < -0.3 is 14.8 Å². The zero-order chi connectivity index (χ0) is 18.5. The molecule has 0 spiro atoms. The maximum Gasteiger partial charge on any atom is 0.341 e. The Bertz CT molecular complexity index is 882. The number of nitriles is 1. The summed E-state index contributed by atoms with van der Waals surface area (Å²) in [4.78, 5) is 25.6. The molecule has 1 heterocycles. The molecule has 6 nitrogen and oxygen atoms in total. The van der Waals surface area contributed by atoms with Crippen LogP contribution >= 0.6 is 11.3 Å². The standard InChI is InChI=1S/C19H18N2O4S/c1-24-19(23)17-14-7-2-3-8-15(14)26-18(17)21-16(22)11-25-13-6-4-5-12(9-13)10-20/h4-6,9H,2-3,7-8,11H2,1H3,(H,21,22). The first kappa shape index (κ1) is 18.0. The summed E-state index contributed by atoms with van der Waals surface area (Å²) in [7, 11) is 1.34.